The summed E-state index contributed by atoms with van der Waals surface area (Å²) in [6.07, 6.45) is 2.46. The Morgan fingerprint density at radius 2 is 1.83 bits per heavy atom. The van der Waals surface area contributed by atoms with Crippen LogP contribution in [0, 0.1) is 13.8 Å². The summed E-state index contributed by atoms with van der Waals surface area (Å²) >= 11 is 0. The van der Waals surface area contributed by atoms with E-state index in [-0.39, 0.29) is 18.4 Å². The van der Waals surface area contributed by atoms with Crippen LogP contribution in [0.5, 0.6) is 0 Å². The number of anilines is 1. The largest absolute Gasteiger partial charge is 0.350 e. The first kappa shape index (κ1) is 19.4. The van der Waals surface area contributed by atoms with E-state index in [1.54, 1.807) is 4.90 Å². The molecule has 4 rings (SSSR count). The summed E-state index contributed by atoms with van der Waals surface area (Å²) in [6, 6.07) is 8.29. The van der Waals surface area contributed by atoms with Crippen LogP contribution in [-0.2, 0) is 29.2 Å². The predicted octanol–water partition coefficient (Wildman–Crippen LogP) is 2.24. The number of aryl methyl sites for hydroxylation is 2. The number of aromatic nitrogens is 2. The zero-order valence-electron chi connectivity index (χ0n) is 17.1. The quantitative estimate of drug-likeness (QED) is 0.843. The number of nitrogens with one attached hydrogen (secondary N) is 1. The van der Waals surface area contributed by atoms with E-state index in [4.69, 9.17) is 0 Å². The van der Waals surface area contributed by atoms with E-state index >= 15 is 0 Å². The number of carbonyl (C=O) groups is 2. The molecule has 29 heavy (non-hydrogen) atoms. The molecule has 1 aromatic heterocycles. The lowest BCUT2D eigenvalue weighted by Crippen LogP contribution is -2.42. The van der Waals surface area contributed by atoms with Crippen LogP contribution in [-0.4, -0.2) is 39.8 Å². The Morgan fingerprint density at radius 3 is 2.59 bits per heavy atom. The fourth-order valence-corrected chi connectivity index (χ4v) is 4.01. The number of nitrogens with zero attached hydrogens (tertiary/aromatic N) is 4. The van der Waals surface area contributed by atoms with E-state index in [2.05, 4.69) is 38.4 Å². The van der Waals surface area contributed by atoms with Gasteiger partial charge in [0.2, 0.25) is 17.8 Å². The average Bonchev–Trinajstić information content (AvgIpc) is 3.11. The lowest BCUT2D eigenvalue weighted by Gasteiger charge is -2.25. The van der Waals surface area contributed by atoms with Crippen molar-refractivity contribution in [1.82, 2.24) is 20.2 Å². The molecule has 1 N–H and O–H groups in total. The average molecular weight is 393 g/mol. The number of piperidine rings is 1. The Balaban J connectivity index is 1.35. The zero-order chi connectivity index (χ0) is 20.4. The van der Waals surface area contributed by atoms with Crippen molar-refractivity contribution in [1.29, 1.82) is 0 Å². The molecule has 0 aliphatic carbocycles. The first-order valence-electron chi connectivity index (χ1n) is 10.2. The van der Waals surface area contributed by atoms with Crippen molar-refractivity contribution in [3.05, 3.63) is 52.3 Å². The Bertz CT molecular complexity index is 923. The van der Waals surface area contributed by atoms with Gasteiger partial charge in [-0.1, -0.05) is 18.2 Å². The Hall–Kier alpha value is -2.96. The lowest BCUT2D eigenvalue weighted by atomic mass is 10.1. The van der Waals surface area contributed by atoms with Crippen molar-refractivity contribution in [2.75, 3.05) is 18.0 Å². The molecule has 3 heterocycles. The van der Waals surface area contributed by atoms with Crippen molar-refractivity contribution in [3.63, 3.8) is 0 Å². The maximum atomic E-state index is 12.2. The third kappa shape index (κ3) is 4.55. The van der Waals surface area contributed by atoms with E-state index < -0.39 is 0 Å². The Labute approximate surface area is 171 Å². The number of rotatable bonds is 5. The topological polar surface area (TPSA) is 78.4 Å². The highest BCUT2D eigenvalue weighted by atomic mass is 16.2. The van der Waals surface area contributed by atoms with Gasteiger partial charge in [-0.2, -0.15) is 0 Å². The van der Waals surface area contributed by atoms with Gasteiger partial charge in [0.1, 0.15) is 0 Å². The molecule has 2 aliphatic heterocycles. The van der Waals surface area contributed by atoms with Crippen LogP contribution in [0.3, 0.4) is 0 Å². The van der Waals surface area contributed by atoms with Gasteiger partial charge in [-0.3, -0.25) is 9.59 Å². The maximum Gasteiger partial charge on any atom is 0.239 e. The van der Waals surface area contributed by atoms with Crippen LogP contribution in [0.2, 0.25) is 0 Å². The maximum absolute atomic E-state index is 12.2. The summed E-state index contributed by atoms with van der Waals surface area (Å²) in [6.45, 7) is 6.83. The molecular formula is C22H27N5O2. The van der Waals surface area contributed by atoms with Gasteiger partial charge in [-0.15, -0.1) is 0 Å². The van der Waals surface area contributed by atoms with Crippen LogP contribution < -0.4 is 10.2 Å². The van der Waals surface area contributed by atoms with Crippen LogP contribution in [0.25, 0.3) is 0 Å². The van der Waals surface area contributed by atoms with Gasteiger partial charge in [0.05, 0.1) is 6.54 Å². The monoisotopic (exact) mass is 393 g/mol. The number of hydrogen-bond donors (Lipinski definition) is 1. The standard InChI is InChI=1S/C22H27N5O2/c1-15-9-16(2)25-22(24-15)27-12-18-7-6-17(10-19(18)13-27)11-23-20(28)14-26-8-4-3-5-21(26)29/h6-7,9-10H,3-5,8,11-14H2,1-2H3,(H,23,28). The molecule has 152 valence electrons. The third-order valence-electron chi connectivity index (χ3n) is 5.49. The van der Waals surface area contributed by atoms with Gasteiger partial charge in [0, 0.05) is 44.0 Å². The van der Waals surface area contributed by atoms with Crippen LogP contribution in [0.1, 0.15) is 47.3 Å². The first-order chi connectivity index (χ1) is 14.0. The second kappa shape index (κ2) is 8.19. The fourth-order valence-electron chi connectivity index (χ4n) is 4.01. The number of fused-ring (bicyclic) bond motifs is 1. The molecule has 0 unspecified atom stereocenters. The van der Waals surface area contributed by atoms with E-state index in [0.29, 0.717) is 19.5 Å². The van der Waals surface area contributed by atoms with Gasteiger partial charge < -0.3 is 15.1 Å². The molecule has 7 heteroatoms. The zero-order valence-corrected chi connectivity index (χ0v) is 17.1. The van der Waals surface area contributed by atoms with Crippen LogP contribution in [0.15, 0.2) is 24.3 Å². The Morgan fingerprint density at radius 1 is 1.07 bits per heavy atom. The van der Waals surface area contributed by atoms with E-state index in [9.17, 15) is 9.59 Å². The smallest absolute Gasteiger partial charge is 0.239 e. The number of carbonyl (C=O) groups excluding carboxylic acids is 2. The van der Waals surface area contributed by atoms with Crippen LogP contribution >= 0.6 is 0 Å². The summed E-state index contributed by atoms with van der Waals surface area (Å²) < 4.78 is 0. The van der Waals surface area contributed by atoms with Crippen LogP contribution in [0.4, 0.5) is 5.95 Å². The fraction of sp³-hybridized carbons (Fsp3) is 0.455. The number of hydrogen-bond acceptors (Lipinski definition) is 5. The first-order valence-corrected chi connectivity index (χ1v) is 10.2. The molecule has 1 fully saturated rings. The van der Waals surface area contributed by atoms with E-state index in [1.807, 2.05) is 19.9 Å². The van der Waals surface area contributed by atoms with Crippen molar-refractivity contribution >= 4 is 17.8 Å². The number of likely N-dealkylation sites (tertiary alicyclic amines) is 1. The molecule has 0 saturated carbocycles. The normalized spacial score (nSPS) is 16.1. The molecule has 7 nitrogen and oxygen atoms in total. The molecular weight excluding hydrogens is 366 g/mol. The van der Waals surface area contributed by atoms with Gasteiger partial charge >= 0.3 is 0 Å². The minimum Gasteiger partial charge on any atom is -0.350 e. The second-order valence-corrected chi connectivity index (χ2v) is 7.96. The summed E-state index contributed by atoms with van der Waals surface area (Å²) in [5.74, 6) is 0.739. The minimum absolute atomic E-state index is 0.0811. The molecule has 0 bridgehead atoms. The van der Waals surface area contributed by atoms with Crippen molar-refractivity contribution in [2.24, 2.45) is 0 Å². The summed E-state index contributed by atoms with van der Waals surface area (Å²) in [5.41, 5.74) is 5.51. The number of benzene rings is 1. The van der Waals surface area contributed by atoms with E-state index in [0.717, 1.165) is 48.8 Å². The van der Waals surface area contributed by atoms with Crippen molar-refractivity contribution < 1.29 is 9.59 Å². The van der Waals surface area contributed by atoms with Gasteiger partial charge in [-0.25, -0.2) is 9.97 Å². The molecule has 0 atom stereocenters. The molecule has 1 saturated heterocycles. The lowest BCUT2D eigenvalue weighted by molar-refractivity contribution is -0.137. The Kier molecular flexibility index (Phi) is 5.47. The van der Waals surface area contributed by atoms with Crippen molar-refractivity contribution in [2.45, 2.75) is 52.7 Å². The SMILES string of the molecule is Cc1cc(C)nc(N2Cc3ccc(CNC(=O)CN4CCCCC4=O)cc3C2)n1. The molecule has 0 spiro atoms. The molecule has 2 amide bonds. The highest BCUT2D eigenvalue weighted by Crippen LogP contribution is 2.27. The molecule has 2 aliphatic rings. The third-order valence-corrected chi connectivity index (χ3v) is 5.49. The number of amides is 2. The van der Waals surface area contributed by atoms with Gasteiger partial charge in [-0.05, 0) is 49.4 Å². The van der Waals surface area contributed by atoms with Gasteiger partial charge in [0.15, 0.2) is 0 Å². The molecule has 1 aromatic carbocycles. The summed E-state index contributed by atoms with van der Waals surface area (Å²) in [7, 11) is 0. The summed E-state index contributed by atoms with van der Waals surface area (Å²) in [5, 5.41) is 2.94. The summed E-state index contributed by atoms with van der Waals surface area (Å²) in [4.78, 5) is 37.1. The van der Waals surface area contributed by atoms with Gasteiger partial charge in [0.25, 0.3) is 0 Å². The minimum atomic E-state index is -0.106. The van der Waals surface area contributed by atoms with Crippen molar-refractivity contribution in [3.8, 4) is 0 Å². The predicted molar refractivity (Wildman–Crippen MR) is 110 cm³/mol. The molecule has 0 radical (unpaired) electrons. The highest BCUT2D eigenvalue weighted by Gasteiger charge is 2.23. The van der Waals surface area contributed by atoms with E-state index in [1.165, 1.54) is 11.1 Å². The highest BCUT2D eigenvalue weighted by molar-refractivity contribution is 5.85. The second-order valence-electron chi connectivity index (χ2n) is 7.96. The molecule has 2 aromatic rings.